The molecular formula is C23H32O5. The molecule has 0 saturated heterocycles. The van der Waals surface area contributed by atoms with Crippen LogP contribution in [0.5, 0.6) is 0 Å². The third-order valence-corrected chi connectivity index (χ3v) is 5.30. The minimum absolute atomic E-state index is 0.0667. The number of unbranched alkanes of at least 4 members (excludes halogenated alkanes) is 1. The molecule has 1 aromatic rings. The van der Waals surface area contributed by atoms with Crippen molar-refractivity contribution in [1.29, 1.82) is 0 Å². The van der Waals surface area contributed by atoms with Crippen LogP contribution < -0.4 is 0 Å². The van der Waals surface area contributed by atoms with Crippen LogP contribution in [0.25, 0.3) is 0 Å². The number of aliphatic hydroxyl groups is 1. The Hall–Kier alpha value is -2.14. The first-order valence-electron chi connectivity index (χ1n) is 10.2. The van der Waals surface area contributed by atoms with E-state index in [9.17, 15) is 14.7 Å². The van der Waals surface area contributed by atoms with Crippen LogP contribution in [0, 0.1) is 11.8 Å². The summed E-state index contributed by atoms with van der Waals surface area (Å²) in [6.45, 7) is 0. The molecule has 0 amide bonds. The summed E-state index contributed by atoms with van der Waals surface area (Å²) >= 11 is 0. The average molecular weight is 389 g/mol. The van der Waals surface area contributed by atoms with Crippen LogP contribution in [0.3, 0.4) is 0 Å². The summed E-state index contributed by atoms with van der Waals surface area (Å²) in [4.78, 5) is 23.2. The van der Waals surface area contributed by atoms with Crippen LogP contribution in [0.15, 0.2) is 47.1 Å². The molecule has 0 radical (unpaired) electrons. The Kier molecular flexibility index (Phi) is 9.77. The molecule has 28 heavy (non-hydrogen) atoms. The van der Waals surface area contributed by atoms with Gasteiger partial charge in [-0.3, -0.25) is 9.59 Å². The molecule has 1 saturated carbocycles. The number of esters is 1. The van der Waals surface area contributed by atoms with Gasteiger partial charge in [-0.2, -0.15) is 0 Å². The first kappa shape index (κ1) is 22.2. The second-order valence-electron chi connectivity index (χ2n) is 7.36. The van der Waals surface area contributed by atoms with Crippen LogP contribution in [-0.4, -0.2) is 30.1 Å². The second-order valence-corrected chi connectivity index (χ2v) is 7.36. The minimum Gasteiger partial charge on any atom is -0.469 e. The fourth-order valence-corrected chi connectivity index (χ4v) is 3.65. The zero-order chi connectivity index (χ0) is 20.2. The van der Waals surface area contributed by atoms with Gasteiger partial charge in [0.2, 0.25) is 0 Å². The van der Waals surface area contributed by atoms with E-state index in [2.05, 4.69) is 10.8 Å². The van der Waals surface area contributed by atoms with Gasteiger partial charge < -0.3 is 14.3 Å². The molecule has 1 heterocycles. The number of carbonyl (C=O) groups is 2. The molecule has 1 N–H and O–H groups in total. The number of rotatable bonds is 12. The van der Waals surface area contributed by atoms with Gasteiger partial charge >= 0.3 is 5.97 Å². The van der Waals surface area contributed by atoms with Crippen molar-refractivity contribution in [3.8, 4) is 0 Å². The highest BCUT2D eigenvalue weighted by molar-refractivity contribution is 5.83. The SMILES string of the molecule is COC(=O)CC/C=C\CCC[C@H]1C(=O)CC[C@@H]1/C=C/[C@H](O)CCc1ccco1. The fraction of sp³-hybridized carbons (Fsp3) is 0.565. The van der Waals surface area contributed by atoms with Crippen molar-refractivity contribution in [2.45, 2.75) is 63.9 Å². The van der Waals surface area contributed by atoms with E-state index in [0.29, 0.717) is 37.9 Å². The van der Waals surface area contributed by atoms with Gasteiger partial charge in [0.25, 0.3) is 0 Å². The van der Waals surface area contributed by atoms with E-state index in [1.165, 1.54) is 7.11 Å². The lowest BCUT2D eigenvalue weighted by molar-refractivity contribution is -0.140. The monoisotopic (exact) mass is 388 g/mol. The molecule has 5 heteroatoms. The Morgan fingerprint density at radius 1 is 1.39 bits per heavy atom. The third-order valence-electron chi connectivity index (χ3n) is 5.30. The molecule has 154 valence electrons. The smallest absolute Gasteiger partial charge is 0.305 e. The predicted molar refractivity (Wildman–Crippen MR) is 108 cm³/mol. The number of carbonyl (C=O) groups excluding carboxylic acids is 2. The minimum atomic E-state index is -0.515. The maximum Gasteiger partial charge on any atom is 0.305 e. The van der Waals surface area contributed by atoms with Crippen molar-refractivity contribution in [1.82, 2.24) is 0 Å². The lowest BCUT2D eigenvalue weighted by Crippen LogP contribution is -2.14. The van der Waals surface area contributed by atoms with Crippen molar-refractivity contribution in [2.75, 3.05) is 7.11 Å². The van der Waals surface area contributed by atoms with Crippen LogP contribution in [0.4, 0.5) is 0 Å². The summed E-state index contributed by atoms with van der Waals surface area (Å²) in [5.74, 6) is 1.32. The van der Waals surface area contributed by atoms with E-state index in [1.54, 1.807) is 6.26 Å². The van der Waals surface area contributed by atoms with Gasteiger partial charge in [0, 0.05) is 25.2 Å². The number of ether oxygens (including phenoxy) is 1. The highest BCUT2D eigenvalue weighted by atomic mass is 16.5. The molecule has 0 aliphatic heterocycles. The van der Waals surface area contributed by atoms with Crippen LogP contribution in [0.2, 0.25) is 0 Å². The molecule has 1 aliphatic rings. The number of furan rings is 1. The number of allylic oxidation sites excluding steroid dienone is 3. The standard InChI is InChI=1S/C23H32O5/c1-27-23(26)10-6-4-2-3-5-9-21-18(12-16-22(21)25)11-13-19(24)14-15-20-8-7-17-28-20/h2,4,7-8,11,13,17-19,21,24H,3,5-6,9-10,12,14-16H2,1H3/b4-2-,13-11+/t18-,19-,21+/m0/s1. The molecule has 0 unspecified atom stereocenters. The molecule has 1 fully saturated rings. The van der Waals surface area contributed by atoms with E-state index in [1.807, 2.05) is 30.4 Å². The largest absolute Gasteiger partial charge is 0.469 e. The van der Waals surface area contributed by atoms with Gasteiger partial charge in [-0.25, -0.2) is 0 Å². The molecule has 5 nitrogen and oxygen atoms in total. The maximum atomic E-state index is 12.2. The second kappa shape index (κ2) is 12.3. The Morgan fingerprint density at radius 2 is 2.21 bits per heavy atom. The van der Waals surface area contributed by atoms with Gasteiger partial charge in [-0.1, -0.05) is 24.3 Å². The van der Waals surface area contributed by atoms with E-state index in [4.69, 9.17) is 4.42 Å². The molecule has 2 rings (SSSR count). The first-order chi connectivity index (χ1) is 13.6. The molecule has 0 aromatic carbocycles. The average Bonchev–Trinajstić information content (AvgIpc) is 3.34. The highest BCUT2D eigenvalue weighted by Gasteiger charge is 2.32. The summed E-state index contributed by atoms with van der Waals surface area (Å²) in [6.07, 6.45) is 15.7. The highest BCUT2D eigenvalue weighted by Crippen LogP contribution is 2.33. The van der Waals surface area contributed by atoms with E-state index >= 15 is 0 Å². The summed E-state index contributed by atoms with van der Waals surface area (Å²) in [5.41, 5.74) is 0. The Bertz CT molecular complexity index is 644. The van der Waals surface area contributed by atoms with Gasteiger partial charge in [-0.05, 0) is 56.6 Å². The Labute approximate surface area is 167 Å². The number of aryl methyl sites for hydroxylation is 1. The van der Waals surface area contributed by atoms with E-state index in [0.717, 1.165) is 31.4 Å². The Balaban J connectivity index is 1.68. The molecule has 0 bridgehead atoms. The van der Waals surface area contributed by atoms with Crippen LogP contribution in [0.1, 0.15) is 57.1 Å². The number of aliphatic hydroxyl groups excluding tert-OH is 1. The first-order valence-corrected chi connectivity index (χ1v) is 10.2. The van der Waals surface area contributed by atoms with Gasteiger partial charge in [0.1, 0.15) is 11.5 Å². The molecule has 1 aromatic heterocycles. The van der Waals surface area contributed by atoms with E-state index < -0.39 is 6.10 Å². The van der Waals surface area contributed by atoms with Crippen molar-refractivity contribution < 1.29 is 23.8 Å². The molecule has 1 aliphatic carbocycles. The van der Waals surface area contributed by atoms with E-state index in [-0.39, 0.29) is 17.8 Å². The number of ketones is 1. The quantitative estimate of drug-likeness (QED) is 0.326. The fourth-order valence-electron chi connectivity index (χ4n) is 3.65. The number of Topliss-reactive ketones (excluding diaryl/α,β-unsaturated/α-hetero) is 1. The molecule has 3 atom stereocenters. The van der Waals surface area contributed by atoms with Crippen molar-refractivity contribution in [2.24, 2.45) is 11.8 Å². The zero-order valence-electron chi connectivity index (χ0n) is 16.7. The van der Waals surface area contributed by atoms with Crippen molar-refractivity contribution in [3.63, 3.8) is 0 Å². The Morgan fingerprint density at radius 3 is 2.96 bits per heavy atom. The van der Waals surface area contributed by atoms with Crippen molar-refractivity contribution >= 4 is 11.8 Å². The van der Waals surface area contributed by atoms with Crippen LogP contribution in [-0.2, 0) is 20.7 Å². The normalized spacial score (nSPS) is 21.0. The number of hydrogen-bond acceptors (Lipinski definition) is 5. The lowest BCUT2D eigenvalue weighted by Gasteiger charge is -2.15. The van der Waals surface area contributed by atoms with Crippen molar-refractivity contribution in [3.05, 3.63) is 48.5 Å². The van der Waals surface area contributed by atoms with Crippen LogP contribution >= 0.6 is 0 Å². The number of methoxy groups -OCH3 is 1. The molecular weight excluding hydrogens is 356 g/mol. The summed E-state index contributed by atoms with van der Waals surface area (Å²) in [7, 11) is 1.40. The molecule has 0 spiro atoms. The lowest BCUT2D eigenvalue weighted by atomic mass is 9.89. The zero-order valence-corrected chi connectivity index (χ0v) is 16.7. The summed E-state index contributed by atoms with van der Waals surface area (Å²) in [6, 6.07) is 3.76. The topological polar surface area (TPSA) is 76.7 Å². The van der Waals surface area contributed by atoms with Gasteiger partial charge in [0.15, 0.2) is 0 Å². The predicted octanol–water partition coefficient (Wildman–Crippen LogP) is 4.40. The number of hydrogen-bond donors (Lipinski definition) is 1. The van der Waals surface area contributed by atoms with Gasteiger partial charge in [0.05, 0.1) is 19.5 Å². The maximum absolute atomic E-state index is 12.2. The summed E-state index contributed by atoms with van der Waals surface area (Å²) in [5, 5.41) is 10.2. The summed E-state index contributed by atoms with van der Waals surface area (Å²) < 4.78 is 9.88. The van der Waals surface area contributed by atoms with Gasteiger partial charge in [-0.15, -0.1) is 0 Å². The third kappa shape index (κ3) is 7.85.